The van der Waals surface area contributed by atoms with E-state index in [9.17, 15) is 14.7 Å². The molecule has 1 aliphatic heterocycles. The van der Waals surface area contributed by atoms with Crippen LogP contribution in [-0.4, -0.2) is 49.8 Å². The Morgan fingerprint density at radius 1 is 1.23 bits per heavy atom. The molecular weight excluding hydrogens is 290 g/mol. The maximum Gasteiger partial charge on any atom is 0.347 e. The molecule has 0 bridgehead atoms. The Kier molecular flexibility index (Phi) is 4.55. The minimum Gasteiger partial charge on any atom is -0.509 e. The van der Waals surface area contributed by atoms with Crippen molar-refractivity contribution in [2.75, 3.05) is 27.9 Å². The number of carbonyl (C=O) groups is 2. The molecule has 0 saturated carbocycles. The molecule has 0 unspecified atom stereocenters. The minimum absolute atomic E-state index is 0.0301. The van der Waals surface area contributed by atoms with E-state index in [1.54, 1.807) is 18.2 Å². The van der Waals surface area contributed by atoms with Gasteiger partial charge in [0.2, 0.25) is 0 Å². The Morgan fingerprint density at radius 2 is 1.91 bits per heavy atom. The Balaban J connectivity index is 2.17. The van der Waals surface area contributed by atoms with Crippen molar-refractivity contribution in [1.82, 2.24) is 4.90 Å². The number of benzene rings is 1. The van der Waals surface area contributed by atoms with Crippen molar-refractivity contribution in [1.29, 1.82) is 0 Å². The molecule has 0 aliphatic carbocycles. The number of esters is 1. The van der Waals surface area contributed by atoms with Crippen molar-refractivity contribution in [3.8, 4) is 11.5 Å². The average Bonchev–Trinajstić information content (AvgIpc) is 2.80. The van der Waals surface area contributed by atoms with Gasteiger partial charge in [0, 0.05) is 6.54 Å². The molecular formula is C15H17NO6. The van der Waals surface area contributed by atoms with Crippen molar-refractivity contribution in [3.05, 3.63) is 35.1 Å². The number of carbonyl (C=O) groups excluding carboxylic acids is 2. The second-order valence-corrected chi connectivity index (χ2v) is 4.66. The van der Waals surface area contributed by atoms with Gasteiger partial charge in [0.15, 0.2) is 17.1 Å². The first-order chi connectivity index (χ1) is 10.5. The van der Waals surface area contributed by atoms with Gasteiger partial charge in [-0.2, -0.15) is 0 Å². The summed E-state index contributed by atoms with van der Waals surface area (Å²) in [5.41, 5.74) is 0.466. The number of amides is 1. The third-order valence-corrected chi connectivity index (χ3v) is 3.34. The molecule has 1 aliphatic rings. The van der Waals surface area contributed by atoms with Crippen LogP contribution >= 0.6 is 0 Å². The van der Waals surface area contributed by atoms with Crippen LogP contribution in [0.2, 0.25) is 0 Å². The van der Waals surface area contributed by atoms with Gasteiger partial charge in [-0.1, -0.05) is 6.07 Å². The van der Waals surface area contributed by atoms with Crippen molar-refractivity contribution in [2.45, 2.75) is 6.54 Å². The number of ether oxygens (including phenoxy) is 3. The van der Waals surface area contributed by atoms with Crippen molar-refractivity contribution < 1.29 is 28.9 Å². The normalized spacial score (nSPS) is 14.3. The van der Waals surface area contributed by atoms with Crippen molar-refractivity contribution in [3.63, 3.8) is 0 Å². The van der Waals surface area contributed by atoms with Gasteiger partial charge in [-0.3, -0.25) is 4.79 Å². The van der Waals surface area contributed by atoms with Gasteiger partial charge in [0.05, 0.1) is 27.9 Å². The lowest BCUT2D eigenvalue weighted by Crippen LogP contribution is -2.28. The molecule has 0 radical (unpaired) electrons. The van der Waals surface area contributed by atoms with E-state index in [1.807, 2.05) is 0 Å². The fourth-order valence-electron chi connectivity index (χ4n) is 2.25. The molecule has 7 heteroatoms. The average molecular weight is 307 g/mol. The highest BCUT2D eigenvalue weighted by atomic mass is 16.5. The third-order valence-electron chi connectivity index (χ3n) is 3.34. The van der Waals surface area contributed by atoms with Crippen LogP contribution in [0.5, 0.6) is 11.5 Å². The van der Waals surface area contributed by atoms with E-state index in [1.165, 1.54) is 19.1 Å². The van der Waals surface area contributed by atoms with Crippen LogP contribution < -0.4 is 9.47 Å². The van der Waals surface area contributed by atoms with Gasteiger partial charge in [0.1, 0.15) is 5.76 Å². The van der Waals surface area contributed by atoms with E-state index in [0.29, 0.717) is 11.5 Å². The molecule has 1 heterocycles. The van der Waals surface area contributed by atoms with E-state index in [0.717, 1.165) is 12.7 Å². The molecule has 0 saturated heterocycles. The zero-order valence-electron chi connectivity index (χ0n) is 12.6. The lowest BCUT2D eigenvalue weighted by Gasteiger charge is -2.17. The molecule has 0 aromatic heterocycles. The monoisotopic (exact) mass is 307 g/mol. The molecule has 0 spiro atoms. The fraction of sp³-hybridized carbons (Fsp3) is 0.333. The topological polar surface area (TPSA) is 85.3 Å². The van der Waals surface area contributed by atoms with Gasteiger partial charge in [-0.25, -0.2) is 4.79 Å². The van der Waals surface area contributed by atoms with E-state index < -0.39 is 11.9 Å². The summed E-state index contributed by atoms with van der Waals surface area (Å²) in [5.74, 6) is -0.555. The molecule has 2 rings (SSSR count). The second-order valence-electron chi connectivity index (χ2n) is 4.66. The summed E-state index contributed by atoms with van der Waals surface area (Å²) in [6.07, 6.45) is 0. The van der Waals surface area contributed by atoms with E-state index in [-0.39, 0.29) is 24.4 Å². The number of aliphatic hydroxyl groups excluding tert-OH is 1. The lowest BCUT2D eigenvalue weighted by molar-refractivity contribution is -0.139. The van der Waals surface area contributed by atoms with Gasteiger partial charge < -0.3 is 24.2 Å². The smallest absolute Gasteiger partial charge is 0.347 e. The summed E-state index contributed by atoms with van der Waals surface area (Å²) in [7, 11) is 4.21. The first kappa shape index (κ1) is 15.7. The Morgan fingerprint density at radius 3 is 2.50 bits per heavy atom. The van der Waals surface area contributed by atoms with Crippen molar-refractivity contribution >= 4 is 11.9 Å². The van der Waals surface area contributed by atoms with Gasteiger partial charge >= 0.3 is 5.97 Å². The highest BCUT2D eigenvalue weighted by Gasteiger charge is 2.35. The maximum atomic E-state index is 12.1. The van der Waals surface area contributed by atoms with Crippen LogP contribution in [-0.2, 0) is 20.9 Å². The standard InChI is InChI=1S/C15H17NO6/c1-20-11-5-4-9(6-12(11)21-2)7-16-8-10(17)13(14(16)18)15(19)22-3/h4-6,17H,7-8H2,1-3H3. The number of aliphatic hydroxyl groups is 1. The summed E-state index contributed by atoms with van der Waals surface area (Å²) in [5, 5.41) is 9.76. The molecule has 1 aromatic carbocycles. The first-order valence-corrected chi connectivity index (χ1v) is 6.52. The highest BCUT2D eigenvalue weighted by Crippen LogP contribution is 2.29. The molecule has 22 heavy (non-hydrogen) atoms. The van der Waals surface area contributed by atoms with E-state index in [2.05, 4.69) is 4.74 Å². The summed E-state index contributed by atoms with van der Waals surface area (Å²) in [6.45, 7) is 0.196. The fourth-order valence-corrected chi connectivity index (χ4v) is 2.25. The minimum atomic E-state index is -0.836. The number of rotatable bonds is 5. The van der Waals surface area contributed by atoms with Crippen LogP contribution in [0.15, 0.2) is 29.5 Å². The molecule has 1 amide bonds. The van der Waals surface area contributed by atoms with Gasteiger partial charge in [0.25, 0.3) is 5.91 Å². The predicted octanol–water partition coefficient (Wildman–Crippen LogP) is 1.03. The number of nitrogens with zero attached hydrogens (tertiary/aromatic N) is 1. The first-order valence-electron chi connectivity index (χ1n) is 6.52. The SMILES string of the molecule is COC(=O)C1=C(O)CN(Cc2ccc(OC)c(OC)c2)C1=O. The number of methoxy groups -OCH3 is 3. The van der Waals surface area contributed by atoms with Gasteiger partial charge in [-0.05, 0) is 17.7 Å². The Labute approximate surface area is 127 Å². The number of hydrogen-bond acceptors (Lipinski definition) is 6. The molecule has 1 aromatic rings. The predicted molar refractivity (Wildman–Crippen MR) is 76.6 cm³/mol. The second kappa shape index (κ2) is 6.38. The Hall–Kier alpha value is -2.70. The van der Waals surface area contributed by atoms with Gasteiger partial charge in [-0.15, -0.1) is 0 Å². The van der Waals surface area contributed by atoms with Crippen LogP contribution in [0.4, 0.5) is 0 Å². The molecule has 7 nitrogen and oxygen atoms in total. The largest absolute Gasteiger partial charge is 0.509 e. The third kappa shape index (κ3) is 2.83. The molecule has 0 atom stereocenters. The maximum absolute atomic E-state index is 12.1. The highest BCUT2D eigenvalue weighted by molar-refractivity contribution is 6.18. The van der Waals surface area contributed by atoms with Crippen LogP contribution in [0.1, 0.15) is 5.56 Å². The zero-order valence-corrected chi connectivity index (χ0v) is 12.6. The quantitative estimate of drug-likeness (QED) is 0.646. The van der Waals surface area contributed by atoms with E-state index in [4.69, 9.17) is 9.47 Å². The summed E-state index contributed by atoms with van der Waals surface area (Å²) in [6, 6.07) is 5.24. The number of hydrogen-bond donors (Lipinski definition) is 1. The molecule has 118 valence electrons. The lowest BCUT2D eigenvalue weighted by atomic mass is 10.2. The molecule has 0 fully saturated rings. The summed E-state index contributed by atoms with van der Waals surface area (Å²) < 4.78 is 14.9. The molecule has 1 N–H and O–H groups in total. The summed E-state index contributed by atoms with van der Waals surface area (Å²) >= 11 is 0. The van der Waals surface area contributed by atoms with Crippen LogP contribution in [0.3, 0.4) is 0 Å². The van der Waals surface area contributed by atoms with Crippen LogP contribution in [0, 0.1) is 0 Å². The zero-order chi connectivity index (χ0) is 16.3. The van der Waals surface area contributed by atoms with E-state index >= 15 is 0 Å². The summed E-state index contributed by atoms with van der Waals surface area (Å²) in [4.78, 5) is 25.0. The van der Waals surface area contributed by atoms with Crippen molar-refractivity contribution in [2.24, 2.45) is 0 Å². The van der Waals surface area contributed by atoms with Crippen LogP contribution in [0.25, 0.3) is 0 Å². The Bertz CT molecular complexity index is 637.